The average molecular weight is 262 g/mol. The fourth-order valence-electron chi connectivity index (χ4n) is 2.44. The highest BCUT2D eigenvalue weighted by Crippen LogP contribution is 2.56. The maximum Gasteiger partial charge on any atom is 0.286 e. The Morgan fingerprint density at radius 3 is 2.94 bits per heavy atom. The lowest BCUT2D eigenvalue weighted by molar-refractivity contribution is -0.124. The Hall–Kier alpha value is -1.27. The van der Waals surface area contributed by atoms with Crippen molar-refractivity contribution >= 4 is 44.1 Å². The van der Waals surface area contributed by atoms with Crippen molar-refractivity contribution < 1.29 is 9.59 Å². The van der Waals surface area contributed by atoms with E-state index in [0.717, 1.165) is 11.3 Å². The van der Waals surface area contributed by atoms with E-state index in [1.165, 1.54) is 21.6 Å². The lowest BCUT2D eigenvalue weighted by Gasteiger charge is -2.41. The monoisotopic (exact) mass is 262 g/mol. The summed E-state index contributed by atoms with van der Waals surface area (Å²) < 4.78 is 0. The van der Waals surface area contributed by atoms with E-state index >= 15 is 0 Å². The fraction of sp³-hybridized carbons (Fsp3) is 0.182. The van der Waals surface area contributed by atoms with Gasteiger partial charge in [-0.25, -0.2) is 0 Å². The van der Waals surface area contributed by atoms with E-state index in [1.54, 1.807) is 4.90 Å². The lowest BCUT2D eigenvalue weighted by Crippen LogP contribution is -2.60. The summed E-state index contributed by atoms with van der Waals surface area (Å²) in [7, 11) is 2.76. The molecule has 1 aromatic carbocycles. The number of carbonyl (C=O) groups excluding carboxylic acids is 2. The molecule has 1 aromatic rings. The Labute approximate surface area is 105 Å². The topological polar surface area (TPSA) is 49.7 Å². The molecule has 2 amide bonds. The first-order valence-electron chi connectivity index (χ1n) is 5.14. The van der Waals surface area contributed by atoms with Gasteiger partial charge < -0.3 is 0 Å². The molecule has 84 valence electrons. The van der Waals surface area contributed by atoms with Gasteiger partial charge in [-0.2, -0.15) is 4.99 Å². The van der Waals surface area contributed by atoms with Gasteiger partial charge in [-0.05, 0) is 33.2 Å². The van der Waals surface area contributed by atoms with Crippen LogP contribution in [0.3, 0.4) is 0 Å². The highest BCUT2D eigenvalue weighted by Gasteiger charge is 2.60. The van der Waals surface area contributed by atoms with E-state index in [4.69, 9.17) is 0 Å². The number of carbonyl (C=O) groups is 2. The van der Waals surface area contributed by atoms with Gasteiger partial charge in [0, 0.05) is 12.1 Å². The molecule has 0 N–H and O–H groups in total. The summed E-state index contributed by atoms with van der Waals surface area (Å²) in [5, 5.41) is 0.304. The van der Waals surface area contributed by atoms with Crippen LogP contribution in [0.2, 0.25) is 0 Å². The van der Waals surface area contributed by atoms with Crippen molar-refractivity contribution in [2.75, 3.05) is 4.90 Å². The van der Waals surface area contributed by atoms with Gasteiger partial charge in [0.15, 0.2) is 9.91 Å². The van der Waals surface area contributed by atoms with Gasteiger partial charge in [0.05, 0.1) is 0 Å². The van der Waals surface area contributed by atoms with Crippen molar-refractivity contribution in [2.24, 2.45) is 4.99 Å². The molecular formula is C11H6N2O2S2. The zero-order chi connectivity index (χ0) is 11.6. The van der Waals surface area contributed by atoms with Gasteiger partial charge in [-0.3, -0.25) is 14.5 Å². The van der Waals surface area contributed by atoms with Gasteiger partial charge in [0.25, 0.3) is 11.8 Å². The van der Waals surface area contributed by atoms with Crippen molar-refractivity contribution in [3.63, 3.8) is 0 Å². The van der Waals surface area contributed by atoms with Crippen LogP contribution in [0.5, 0.6) is 0 Å². The molecule has 0 aliphatic carbocycles. The number of aliphatic imine (C=N–C) groups is 1. The minimum atomic E-state index is -0.826. The highest BCUT2D eigenvalue weighted by atomic mass is 33.1. The second-order valence-electron chi connectivity index (χ2n) is 4.12. The van der Waals surface area contributed by atoms with Crippen LogP contribution in [0, 0.1) is 0 Å². The Balaban J connectivity index is 2.01. The normalized spacial score (nSPS) is 29.2. The second kappa shape index (κ2) is 2.94. The molecule has 4 nitrogen and oxygen atoms in total. The maximum atomic E-state index is 12.2. The zero-order valence-corrected chi connectivity index (χ0v) is 10.2. The Morgan fingerprint density at radius 2 is 2.12 bits per heavy atom. The molecular weight excluding hydrogens is 256 g/mol. The lowest BCUT2D eigenvalue weighted by atomic mass is 10.1. The Kier molecular flexibility index (Phi) is 1.68. The minimum Gasteiger partial charge on any atom is -0.281 e. The van der Waals surface area contributed by atoms with Crippen LogP contribution in [0.25, 0.3) is 0 Å². The van der Waals surface area contributed by atoms with Crippen LogP contribution < -0.4 is 4.90 Å². The SMILES string of the molecule is O=C1C2=NC(=O)C3(Cc4ccccc4N13)SS2. The fourth-order valence-corrected chi connectivity index (χ4v) is 5.12. The first-order chi connectivity index (χ1) is 8.22. The second-order valence-corrected chi connectivity index (χ2v) is 6.51. The van der Waals surface area contributed by atoms with Crippen molar-refractivity contribution in [1.29, 1.82) is 0 Å². The van der Waals surface area contributed by atoms with Crippen LogP contribution in [-0.2, 0) is 16.0 Å². The minimum absolute atomic E-state index is 0.140. The van der Waals surface area contributed by atoms with Crippen molar-refractivity contribution in [1.82, 2.24) is 0 Å². The maximum absolute atomic E-state index is 12.2. The van der Waals surface area contributed by atoms with Gasteiger partial charge in [0.1, 0.15) is 0 Å². The number of benzene rings is 1. The van der Waals surface area contributed by atoms with Crippen LogP contribution in [-0.4, -0.2) is 21.7 Å². The van der Waals surface area contributed by atoms with Crippen molar-refractivity contribution in [2.45, 2.75) is 11.3 Å². The molecule has 0 radical (unpaired) electrons. The Bertz CT molecular complexity index is 613. The standard InChI is InChI=1S/C11H6N2O2S2/c14-9-8-12-10(15)11(17-16-8)5-6-3-1-2-4-7(6)13(9)11/h1-4H,5H2. The number of amides is 2. The summed E-state index contributed by atoms with van der Waals surface area (Å²) >= 11 is 0. The van der Waals surface area contributed by atoms with E-state index in [1.807, 2.05) is 24.3 Å². The zero-order valence-electron chi connectivity index (χ0n) is 8.54. The number of fused-ring (bicyclic) bond motifs is 3. The smallest absolute Gasteiger partial charge is 0.281 e. The predicted molar refractivity (Wildman–Crippen MR) is 68.0 cm³/mol. The van der Waals surface area contributed by atoms with E-state index in [0.29, 0.717) is 11.5 Å². The summed E-state index contributed by atoms with van der Waals surface area (Å²) in [5.41, 5.74) is 1.90. The third-order valence-corrected chi connectivity index (χ3v) is 6.04. The van der Waals surface area contributed by atoms with Gasteiger partial charge in [0.2, 0.25) is 0 Å². The molecule has 1 fully saturated rings. The molecule has 1 atom stereocenters. The molecule has 4 heterocycles. The summed E-state index contributed by atoms with van der Waals surface area (Å²) in [5.74, 6) is -0.342. The summed E-state index contributed by atoms with van der Waals surface area (Å²) in [6, 6.07) is 7.67. The van der Waals surface area contributed by atoms with Crippen LogP contribution in [0.4, 0.5) is 5.69 Å². The molecule has 5 rings (SSSR count). The molecule has 17 heavy (non-hydrogen) atoms. The molecule has 1 spiro atoms. The number of hydrogen-bond acceptors (Lipinski definition) is 4. The van der Waals surface area contributed by atoms with Crippen LogP contribution in [0.15, 0.2) is 29.3 Å². The van der Waals surface area contributed by atoms with E-state index in [-0.39, 0.29) is 11.8 Å². The molecule has 6 heteroatoms. The van der Waals surface area contributed by atoms with Gasteiger partial charge >= 0.3 is 0 Å². The van der Waals surface area contributed by atoms with E-state index in [2.05, 4.69) is 4.99 Å². The molecule has 1 saturated heterocycles. The third-order valence-electron chi connectivity index (χ3n) is 3.21. The number of rotatable bonds is 0. The highest BCUT2D eigenvalue weighted by molar-refractivity contribution is 8.83. The van der Waals surface area contributed by atoms with Crippen LogP contribution in [0.1, 0.15) is 5.56 Å². The summed E-state index contributed by atoms with van der Waals surface area (Å²) in [6.45, 7) is 0. The molecule has 1 unspecified atom stereocenters. The molecule has 2 bridgehead atoms. The number of para-hydroxylation sites is 1. The molecule has 0 aromatic heterocycles. The first kappa shape index (κ1) is 9.73. The Morgan fingerprint density at radius 1 is 1.29 bits per heavy atom. The van der Waals surface area contributed by atoms with Crippen molar-refractivity contribution in [3.8, 4) is 0 Å². The van der Waals surface area contributed by atoms with E-state index in [9.17, 15) is 9.59 Å². The number of hydrogen-bond donors (Lipinski definition) is 0. The third kappa shape index (κ3) is 1.01. The van der Waals surface area contributed by atoms with Gasteiger partial charge in [-0.1, -0.05) is 18.2 Å². The largest absolute Gasteiger partial charge is 0.286 e. The van der Waals surface area contributed by atoms with E-state index < -0.39 is 4.87 Å². The molecule has 4 aliphatic rings. The number of nitrogens with zero attached hydrogens (tertiary/aromatic N) is 2. The number of anilines is 1. The average Bonchev–Trinajstić information content (AvgIpc) is 2.68. The quantitative estimate of drug-likeness (QED) is 0.666. The van der Waals surface area contributed by atoms with Crippen LogP contribution >= 0.6 is 21.6 Å². The molecule has 0 saturated carbocycles. The predicted octanol–water partition coefficient (Wildman–Crippen LogP) is 1.61. The van der Waals surface area contributed by atoms with Crippen molar-refractivity contribution in [3.05, 3.63) is 29.8 Å². The summed E-state index contributed by atoms with van der Waals surface area (Å²) in [6.07, 6.45) is 0.558. The summed E-state index contributed by atoms with van der Waals surface area (Å²) in [4.78, 5) is 28.9. The molecule has 4 aliphatic heterocycles. The van der Waals surface area contributed by atoms with Gasteiger partial charge in [-0.15, -0.1) is 0 Å². The first-order valence-corrected chi connectivity index (χ1v) is 7.29.